The van der Waals surface area contributed by atoms with Gasteiger partial charge in [0.15, 0.2) is 0 Å². The molecule has 5 heteroatoms. The molecule has 1 aliphatic carbocycles. The van der Waals surface area contributed by atoms with Gasteiger partial charge in [-0.1, -0.05) is 18.9 Å². The van der Waals surface area contributed by atoms with Crippen LogP contribution in [-0.4, -0.2) is 20.7 Å². The van der Waals surface area contributed by atoms with Crippen LogP contribution in [0.1, 0.15) is 31.2 Å². The van der Waals surface area contributed by atoms with E-state index in [1.807, 2.05) is 31.6 Å². The summed E-state index contributed by atoms with van der Waals surface area (Å²) < 4.78 is 1.76. The molecule has 0 unspecified atom stereocenters. The number of hydrogen-bond acceptors (Lipinski definition) is 3. The van der Waals surface area contributed by atoms with Crippen molar-refractivity contribution in [2.75, 3.05) is 0 Å². The van der Waals surface area contributed by atoms with E-state index < -0.39 is 0 Å². The van der Waals surface area contributed by atoms with Gasteiger partial charge >= 0.3 is 0 Å². The zero-order chi connectivity index (χ0) is 14.7. The minimum atomic E-state index is 0.184. The summed E-state index contributed by atoms with van der Waals surface area (Å²) in [7, 11) is 1.89. The lowest BCUT2D eigenvalue weighted by Gasteiger charge is -2.10. The van der Waals surface area contributed by atoms with Crippen LogP contribution in [0.5, 0.6) is 0 Å². The largest absolute Gasteiger partial charge is 0.352 e. The second kappa shape index (κ2) is 6.08. The molecule has 110 valence electrons. The summed E-state index contributed by atoms with van der Waals surface area (Å²) in [5, 5.41) is 7.15. The molecule has 0 atom stereocenters. The molecular formula is C16H20N4O. The van der Waals surface area contributed by atoms with Crippen LogP contribution in [0.2, 0.25) is 0 Å². The summed E-state index contributed by atoms with van der Waals surface area (Å²) in [6.45, 7) is 0.551. The van der Waals surface area contributed by atoms with E-state index in [4.69, 9.17) is 0 Å². The Kier molecular flexibility index (Phi) is 3.99. The molecule has 1 aliphatic rings. The van der Waals surface area contributed by atoms with Gasteiger partial charge in [-0.15, -0.1) is 0 Å². The first-order valence-corrected chi connectivity index (χ1v) is 7.44. The Morgan fingerprint density at radius 2 is 2.14 bits per heavy atom. The van der Waals surface area contributed by atoms with Crippen LogP contribution < -0.4 is 5.32 Å². The average Bonchev–Trinajstić information content (AvgIpc) is 3.17. The Morgan fingerprint density at radius 3 is 2.76 bits per heavy atom. The standard InChI is InChI=1S/C16H20N4O/c1-20-11-14(10-19-20)15-7-6-12(8-17-15)9-18-16(21)13-4-2-3-5-13/h6-8,10-11,13H,2-5,9H2,1H3,(H,18,21). The van der Waals surface area contributed by atoms with Crippen LogP contribution >= 0.6 is 0 Å². The number of aryl methyl sites for hydroxylation is 1. The molecule has 0 aliphatic heterocycles. The quantitative estimate of drug-likeness (QED) is 0.937. The molecule has 0 aromatic carbocycles. The number of rotatable bonds is 4. The van der Waals surface area contributed by atoms with Crippen molar-refractivity contribution in [2.24, 2.45) is 13.0 Å². The number of hydrogen-bond donors (Lipinski definition) is 1. The lowest BCUT2D eigenvalue weighted by molar-refractivity contribution is -0.124. The van der Waals surface area contributed by atoms with Crippen LogP contribution in [0.15, 0.2) is 30.7 Å². The first kappa shape index (κ1) is 13.8. The maximum atomic E-state index is 12.0. The van der Waals surface area contributed by atoms with E-state index in [0.717, 1.165) is 29.7 Å². The van der Waals surface area contributed by atoms with Gasteiger partial charge in [0.25, 0.3) is 0 Å². The summed E-state index contributed by atoms with van der Waals surface area (Å²) in [4.78, 5) is 16.4. The van der Waals surface area contributed by atoms with Gasteiger partial charge in [0.1, 0.15) is 0 Å². The van der Waals surface area contributed by atoms with E-state index in [-0.39, 0.29) is 11.8 Å². The van der Waals surface area contributed by atoms with Crippen LogP contribution in [0.4, 0.5) is 0 Å². The summed E-state index contributed by atoms with van der Waals surface area (Å²) in [6.07, 6.45) is 9.97. The van der Waals surface area contributed by atoms with Gasteiger partial charge < -0.3 is 5.32 Å². The second-order valence-electron chi connectivity index (χ2n) is 5.65. The molecule has 2 aromatic heterocycles. The highest BCUT2D eigenvalue weighted by molar-refractivity contribution is 5.78. The zero-order valence-corrected chi connectivity index (χ0v) is 12.2. The van der Waals surface area contributed by atoms with Crippen molar-refractivity contribution < 1.29 is 4.79 Å². The smallest absolute Gasteiger partial charge is 0.223 e. The van der Waals surface area contributed by atoms with E-state index in [2.05, 4.69) is 15.4 Å². The number of aromatic nitrogens is 3. The first-order valence-electron chi connectivity index (χ1n) is 7.44. The lowest BCUT2D eigenvalue weighted by Crippen LogP contribution is -2.28. The molecule has 3 rings (SSSR count). The molecule has 2 heterocycles. The Morgan fingerprint density at radius 1 is 1.33 bits per heavy atom. The molecule has 0 saturated heterocycles. The molecule has 1 fully saturated rings. The van der Waals surface area contributed by atoms with Crippen molar-refractivity contribution in [3.8, 4) is 11.3 Å². The number of pyridine rings is 1. The van der Waals surface area contributed by atoms with Crippen molar-refractivity contribution in [1.29, 1.82) is 0 Å². The number of nitrogens with zero attached hydrogens (tertiary/aromatic N) is 3. The van der Waals surface area contributed by atoms with Crippen LogP contribution in [0.3, 0.4) is 0 Å². The fourth-order valence-corrected chi connectivity index (χ4v) is 2.77. The number of carbonyl (C=O) groups excluding carboxylic acids is 1. The topological polar surface area (TPSA) is 59.8 Å². The Balaban J connectivity index is 1.58. The van der Waals surface area contributed by atoms with Gasteiger partial charge in [-0.2, -0.15) is 5.10 Å². The summed E-state index contributed by atoms with van der Waals surface area (Å²) >= 11 is 0. The molecule has 0 bridgehead atoms. The minimum Gasteiger partial charge on any atom is -0.352 e. The van der Waals surface area contributed by atoms with Crippen LogP contribution in [0, 0.1) is 5.92 Å². The molecule has 0 radical (unpaired) electrons. The third kappa shape index (κ3) is 3.29. The molecule has 1 N–H and O–H groups in total. The van der Waals surface area contributed by atoms with Crippen molar-refractivity contribution >= 4 is 5.91 Å². The molecule has 21 heavy (non-hydrogen) atoms. The monoisotopic (exact) mass is 284 g/mol. The average molecular weight is 284 g/mol. The Hall–Kier alpha value is -2.17. The SMILES string of the molecule is Cn1cc(-c2ccc(CNC(=O)C3CCCC3)cn2)cn1. The van der Waals surface area contributed by atoms with Gasteiger partial charge in [0.2, 0.25) is 5.91 Å². The van der Waals surface area contributed by atoms with E-state index >= 15 is 0 Å². The van der Waals surface area contributed by atoms with E-state index in [1.54, 1.807) is 10.9 Å². The normalized spacial score (nSPS) is 15.3. The second-order valence-corrected chi connectivity index (χ2v) is 5.65. The molecule has 1 amide bonds. The Bertz CT molecular complexity index is 611. The number of amides is 1. The minimum absolute atomic E-state index is 0.184. The van der Waals surface area contributed by atoms with Crippen LogP contribution in [-0.2, 0) is 18.4 Å². The van der Waals surface area contributed by atoms with Crippen molar-refractivity contribution in [3.05, 3.63) is 36.3 Å². The van der Waals surface area contributed by atoms with Crippen molar-refractivity contribution in [2.45, 2.75) is 32.2 Å². The molecule has 0 spiro atoms. The Labute approximate surface area is 124 Å². The van der Waals surface area contributed by atoms with Gasteiger partial charge in [-0.25, -0.2) is 0 Å². The fraction of sp³-hybridized carbons (Fsp3) is 0.438. The number of carbonyl (C=O) groups is 1. The van der Waals surface area contributed by atoms with Gasteiger partial charge in [0, 0.05) is 37.5 Å². The maximum Gasteiger partial charge on any atom is 0.223 e. The first-order chi connectivity index (χ1) is 10.2. The van der Waals surface area contributed by atoms with E-state index in [1.165, 1.54) is 12.8 Å². The van der Waals surface area contributed by atoms with E-state index in [0.29, 0.717) is 6.54 Å². The zero-order valence-electron chi connectivity index (χ0n) is 12.2. The van der Waals surface area contributed by atoms with Gasteiger partial charge in [-0.05, 0) is 24.5 Å². The predicted octanol–water partition coefficient (Wildman–Crippen LogP) is 2.29. The highest BCUT2D eigenvalue weighted by atomic mass is 16.1. The van der Waals surface area contributed by atoms with E-state index in [9.17, 15) is 4.79 Å². The van der Waals surface area contributed by atoms with Crippen LogP contribution in [0.25, 0.3) is 11.3 Å². The van der Waals surface area contributed by atoms with Crippen molar-refractivity contribution in [3.63, 3.8) is 0 Å². The fourth-order valence-electron chi connectivity index (χ4n) is 2.77. The molecule has 1 saturated carbocycles. The lowest BCUT2D eigenvalue weighted by atomic mass is 10.1. The number of nitrogens with one attached hydrogen (secondary N) is 1. The summed E-state index contributed by atoms with van der Waals surface area (Å²) in [5.41, 5.74) is 2.92. The molecule has 5 nitrogen and oxygen atoms in total. The maximum absolute atomic E-state index is 12.0. The third-order valence-corrected chi connectivity index (χ3v) is 4.02. The predicted molar refractivity (Wildman–Crippen MR) is 80.2 cm³/mol. The van der Waals surface area contributed by atoms with Gasteiger partial charge in [0.05, 0.1) is 11.9 Å². The molecule has 2 aromatic rings. The summed E-state index contributed by atoms with van der Waals surface area (Å²) in [6, 6.07) is 3.97. The van der Waals surface area contributed by atoms with Crippen molar-refractivity contribution in [1.82, 2.24) is 20.1 Å². The highest BCUT2D eigenvalue weighted by Gasteiger charge is 2.22. The highest BCUT2D eigenvalue weighted by Crippen LogP contribution is 2.24. The molecular weight excluding hydrogens is 264 g/mol. The third-order valence-electron chi connectivity index (χ3n) is 4.02. The van der Waals surface area contributed by atoms with Gasteiger partial charge in [-0.3, -0.25) is 14.5 Å². The summed E-state index contributed by atoms with van der Waals surface area (Å²) in [5.74, 6) is 0.400.